The summed E-state index contributed by atoms with van der Waals surface area (Å²) < 4.78 is 5.12. The lowest BCUT2D eigenvalue weighted by Crippen LogP contribution is -2.50. The van der Waals surface area contributed by atoms with Gasteiger partial charge in [0.2, 0.25) is 5.91 Å². The zero-order chi connectivity index (χ0) is 15.3. The molecule has 0 aliphatic carbocycles. The van der Waals surface area contributed by atoms with Crippen LogP contribution in [0, 0.1) is 0 Å². The van der Waals surface area contributed by atoms with Gasteiger partial charge in [-0.25, -0.2) is 0 Å². The first-order valence-corrected chi connectivity index (χ1v) is 7.66. The van der Waals surface area contributed by atoms with Crippen LogP contribution in [0.3, 0.4) is 0 Å². The average Bonchev–Trinajstić information content (AvgIpc) is 3.01. The van der Waals surface area contributed by atoms with Crippen LogP contribution in [0.1, 0.15) is 32.3 Å². The molecule has 0 atom stereocenters. The monoisotopic (exact) mass is 290 g/mol. The van der Waals surface area contributed by atoms with E-state index in [1.54, 1.807) is 7.11 Å². The first-order chi connectivity index (χ1) is 10.0. The topological polar surface area (TPSA) is 41.6 Å². The highest BCUT2D eigenvalue weighted by atomic mass is 16.5. The van der Waals surface area contributed by atoms with Crippen LogP contribution in [0.5, 0.6) is 5.75 Å². The van der Waals surface area contributed by atoms with Gasteiger partial charge < -0.3 is 10.1 Å². The van der Waals surface area contributed by atoms with Gasteiger partial charge in [0.15, 0.2) is 0 Å². The van der Waals surface area contributed by atoms with Crippen LogP contribution in [0.2, 0.25) is 0 Å². The van der Waals surface area contributed by atoms with Gasteiger partial charge in [0, 0.05) is 12.1 Å². The maximum Gasteiger partial charge on any atom is 0.224 e. The molecule has 4 heteroatoms. The van der Waals surface area contributed by atoms with Gasteiger partial charge in [-0.2, -0.15) is 0 Å². The zero-order valence-corrected chi connectivity index (χ0v) is 13.3. The van der Waals surface area contributed by atoms with Crippen molar-refractivity contribution in [2.75, 3.05) is 26.7 Å². The quantitative estimate of drug-likeness (QED) is 0.873. The smallest absolute Gasteiger partial charge is 0.224 e. The number of benzene rings is 1. The van der Waals surface area contributed by atoms with Crippen LogP contribution >= 0.6 is 0 Å². The molecule has 0 saturated carbocycles. The Morgan fingerprint density at radius 3 is 2.43 bits per heavy atom. The van der Waals surface area contributed by atoms with Gasteiger partial charge in [-0.3, -0.25) is 9.69 Å². The second-order valence-electron chi connectivity index (χ2n) is 6.31. The number of carbonyl (C=O) groups excluding carboxylic acids is 1. The lowest BCUT2D eigenvalue weighted by molar-refractivity contribution is -0.121. The molecule has 21 heavy (non-hydrogen) atoms. The number of methoxy groups -OCH3 is 1. The van der Waals surface area contributed by atoms with Crippen molar-refractivity contribution in [3.8, 4) is 5.75 Å². The molecule has 1 aromatic rings. The molecule has 116 valence electrons. The second kappa shape index (κ2) is 6.94. The fraction of sp³-hybridized carbons (Fsp3) is 0.588. The number of hydrogen-bond acceptors (Lipinski definition) is 3. The summed E-state index contributed by atoms with van der Waals surface area (Å²) >= 11 is 0. The van der Waals surface area contributed by atoms with Gasteiger partial charge in [-0.1, -0.05) is 12.1 Å². The molecular weight excluding hydrogens is 264 g/mol. The van der Waals surface area contributed by atoms with Crippen LogP contribution in [0.25, 0.3) is 0 Å². The summed E-state index contributed by atoms with van der Waals surface area (Å²) in [5.41, 5.74) is 1.04. The second-order valence-corrected chi connectivity index (χ2v) is 6.31. The number of carbonyl (C=O) groups is 1. The number of rotatable bonds is 6. The Balaban J connectivity index is 1.80. The van der Waals surface area contributed by atoms with Crippen LogP contribution in [0.15, 0.2) is 24.3 Å². The molecule has 2 rings (SSSR count). The Morgan fingerprint density at radius 1 is 1.24 bits per heavy atom. The molecule has 1 aromatic carbocycles. The van der Waals surface area contributed by atoms with E-state index in [0.717, 1.165) is 24.4 Å². The van der Waals surface area contributed by atoms with Gasteiger partial charge in [-0.05, 0) is 57.5 Å². The molecule has 1 aliphatic heterocycles. The highest BCUT2D eigenvalue weighted by Crippen LogP contribution is 2.20. The third kappa shape index (κ3) is 4.46. The molecule has 0 spiro atoms. The molecule has 0 bridgehead atoms. The fourth-order valence-electron chi connectivity index (χ4n) is 2.74. The Labute approximate surface area is 127 Å². The standard InChI is InChI=1S/C17H26N2O2/c1-17(2,19-10-4-5-11-19)13-18-16(20)12-14-6-8-15(21-3)9-7-14/h6-9H,4-5,10-13H2,1-3H3,(H,18,20). The van der Waals surface area contributed by atoms with E-state index in [1.807, 2.05) is 24.3 Å². The molecule has 1 fully saturated rings. The third-order valence-electron chi connectivity index (χ3n) is 4.20. The molecule has 1 N–H and O–H groups in total. The molecule has 4 nitrogen and oxygen atoms in total. The minimum Gasteiger partial charge on any atom is -0.497 e. The van der Waals surface area contributed by atoms with Crippen molar-refractivity contribution in [2.24, 2.45) is 0 Å². The van der Waals surface area contributed by atoms with Crippen molar-refractivity contribution in [3.63, 3.8) is 0 Å². The van der Waals surface area contributed by atoms with Gasteiger partial charge >= 0.3 is 0 Å². The first-order valence-electron chi connectivity index (χ1n) is 7.66. The van der Waals surface area contributed by atoms with Crippen molar-refractivity contribution in [1.82, 2.24) is 10.2 Å². The zero-order valence-electron chi connectivity index (χ0n) is 13.3. The van der Waals surface area contributed by atoms with E-state index in [2.05, 4.69) is 24.1 Å². The SMILES string of the molecule is COc1ccc(CC(=O)NCC(C)(C)N2CCCC2)cc1. The van der Waals surface area contributed by atoms with E-state index >= 15 is 0 Å². The summed E-state index contributed by atoms with van der Waals surface area (Å²) in [6.45, 7) is 7.38. The number of hydrogen-bond donors (Lipinski definition) is 1. The molecule has 1 aliphatic rings. The van der Waals surface area contributed by atoms with Crippen molar-refractivity contribution in [3.05, 3.63) is 29.8 Å². The maximum absolute atomic E-state index is 12.1. The van der Waals surface area contributed by atoms with E-state index in [9.17, 15) is 4.79 Å². The lowest BCUT2D eigenvalue weighted by Gasteiger charge is -2.35. The van der Waals surface area contributed by atoms with Crippen molar-refractivity contribution < 1.29 is 9.53 Å². The summed E-state index contributed by atoms with van der Waals surface area (Å²) in [6.07, 6.45) is 2.95. The van der Waals surface area contributed by atoms with Gasteiger partial charge in [-0.15, -0.1) is 0 Å². The highest BCUT2D eigenvalue weighted by Gasteiger charge is 2.29. The molecule has 1 amide bonds. The molecule has 1 saturated heterocycles. The summed E-state index contributed by atoms with van der Waals surface area (Å²) in [6, 6.07) is 7.64. The van der Waals surface area contributed by atoms with E-state index in [4.69, 9.17) is 4.74 Å². The molecule has 0 aromatic heterocycles. The number of nitrogens with one attached hydrogen (secondary N) is 1. The normalized spacial score (nSPS) is 16.0. The largest absolute Gasteiger partial charge is 0.497 e. The average molecular weight is 290 g/mol. The minimum atomic E-state index is 0.0338. The predicted octanol–water partition coefficient (Wildman–Crippen LogP) is 2.23. The maximum atomic E-state index is 12.1. The molecule has 0 unspecified atom stereocenters. The summed E-state index contributed by atoms with van der Waals surface area (Å²) in [5.74, 6) is 0.891. The number of nitrogens with zero attached hydrogens (tertiary/aromatic N) is 1. The van der Waals surface area contributed by atoms with Crippen LogP contribution in [-0.2, 0) is 11.2 Å². The van der Waals surface area contributed by atoms with E-state index in [1.165, 1.54) is 12.8 Å². The minimum absolute atomic E-state index is 0.0338. The third-order valence-corrected chi connectivity index (χ3v) is 4.20. The van der Waals surface area contributed by atoms with Crippen molar-refractivity contribution >= 4 is 5.91 Å². The van der Waals surface area contributed by atoms with Gasteiger partial charge in [0.1, 0.15) is 5.75 Å². The lowest BCUT2D eigenvalue weighted by atomic mass is 10.0. The molecule has 0 radical (unpaired) electrons. The van der Waals surface area contributed by atoms with Crippen LogP contribution in [0.4, 0.5) is 0 Å². The Morgan fingerprint density at radius 2 is 1.86 bits per heavy atom. The predicted molar refractivity (Wildman–Crippen MR) is 84.6 cm³/mol. The molecule has 1 heterocycles. The van der Waals surface area contributed by atoms with Gasteiger partial charge in [0.25, 0.3) is 0 Å². The van der Waals surface area contributed by atoms with Crippen molar-refractivity contribution in [2.45, 2.75) is 38.6 Å². The number of amides is 1. The highest BCUT2D eigenvalue weighted by molar-refractivity contribution is 5.78. The Kier molecular flexibility index (Phi) is 5.23. The number of likely N-dealkylation sites (tertiary alicyclic amines) is 1. The molecular formula is C17H26N2O2. The first kappa shape index (κ1) is 15.8. The summed E-state index contributed by atoms with van der Waals surface area (Å²) in [4.78, 5) is 14.5. The van der Waals surface area contributed by atoms with E-state index in [-0.39, 0.29) is 11.4 Å². The van der Waals surface area contributed by atoms with E-state index in [0.29, 0.717) is 13.0 Å². The fourth-order valence-corrected chi connectivity index (χ4v) is 2.74. The van der Waals surface area contributed by atoms with Gasteiger partial charge in [0.05, 0.1) is 13.5 Å². The Bertz CT molecular complexity index is 462. The van der Waals surface area contributed by atoms with E-state index < -0.39 is 0 Å². The summed E-state index contributed by atoms with van der Waals surface area (Å²) in [5, 5.41) is 3.07. The van der Waals surface area contributed by atoms with Crippen molar-refractivity contribution in [1.29, 1.82) is 0 Å². The summed E-state index contributed by atoms with van der Waals surface area (Å²) in [7, 11) is 1.64. The number of ether oxygens (including phenoxy) is 1. The van der Waals surface area contributed by atoms with Crippen LogP contribution < -0.4 is 10.1 Å². The van der Waals surface area contributed by atoms with Crippen LogP contribution in [-0.4, -0.2) is 43.1 Å². The Hall–Kier alpha value is -1.55.